The first-order valence-corrected chi connectivity index (χ1v) is 9.31. The molecule has 0 amide bonds. The van der Waals surface area contributed by atoms with Crippen LogP contribution in [0.2, 0.25) is 5.02 Å². The van der Waals surface area contributed by atoms with Crippen molar-refractivity contribution < 1.29 is 5.11 Å². The number of aromatic hydroxyl groups is 1. The highest BCUT2D eigenvalue weighted by Gasteiger charge is 2.16. The lowest BCUT2D eigenvalue weighted by Gasteiger charge is -2.21. The van der Waals surface area contributed by atoms with Gasteiger partial charge in [-0.05, 0) is 62.1 Å². The minimum atomic E-state index is -0.0772. The fraction of sp³-hybridized carbons (Fsp3) is 0.250. The molecule has 0 aliphatic carbocycles. The van der Waals surface area contributed by atoms with Gasteiger partial charge in [0, 0.05) is 10.4 Å². The zero-order chi connectivity index (χ0) is 19.0. The standard InChI is InChI=1S/C24H27ClO/c1-19(2)6-5-15-24(3,16-13-20-9-11-23(26)12-10-20)17-14-21-7-4-8-22(25)18-21/h4,6-14,16-18,26H,5,15H2,1-3H3/b16-13+,17-14+/t24-/m1/s1. The number of allylic oxidation sites excluding steroid dienone is 4. The summed E-state index contributed by atoms with van der Waals surface area (Å²) in [6, 6.07) is 15.1. The summed E-state index contributed by atoms with van der Waals surface area (Å²) in [4.78, 5) is 0. The summed E-state index contributed by atoms with van der Waals surface area (Å²) in [5.74, 6) is 0.286. The van der Waals surface area contributed by atoms with Crippen molar-refractivity contribution in [3.8, 4) is 5.75 Å². The van der Waals surface area contributed by atoms with Gasteiger partial charge in [-0.25, -0.2) is 0 Å². The van der Waals surface area contributed by atoms with Gasteiger partial charge in [0.05, 0.1) is 0 Å². The monoisotopic (exact) mass is 366 g/mol. The molecule has 0 aromatic heterocycles. The Morgan fingerprint density at radius 2 is 1.65 bits per heavy atom. The van der Waals surface area contributed by atoms with Gasteiger partial charge in [0.2, 0.25) is 0 Å². The Morgan fingerprint density at radius 3 is 2.27 bits per heavy atom. The minimum absolute atomic E-state index is 0.0772. The number of benzene rings is 2. The summed E-state index contributed by atoms with van der Waals surface area (Å²) in [6.07, 6.45) is 13.1. The summed E-state index contributed by atoms with van der Waals surface area (Å²) >= 11 is 6.09. The second kappa shape index (κ2) is 9.45. The van der Waals surface area contributed by atoms with Gasteiger partial charge in [0.25, 0.3) is 0 Å². The molecule has 0 heterocycles. The zero-order valence-corrected chi connectivity index (χ0v) is 16.5. The van der Waals surface area contributed by atoms with Gasteiger partial charge in [-0.2, -0.15) is 0 Å². The van der Waals surface area contributed by atoms with Crippen LogP contribution in [-0.4, -0.2) is 5.11 Å². The topological polar surface area (TPSA) is 20.2 Å². The summed E-state index contributed by atoms with van der Waals surface area (Å²) in [5.41, 5.74) is 3.44. The minimum Gasteiger partial charge on any atom is -0.508 e. The van der Waals surface area contributed by atoms with Gasteiger partial charge >= 0.3 is 0 Å². The summed E-state index contributed by atoms with van der Waals surface area (Å²) in [5, 5.41) is 10.2. The average Bonchev–Trinajstić information content (AvgIpc) is 2.60. The van der Waals surface area contributed by atoms with E-state index in [1.54, 1.807) is 12.1 Å². The second-order valence-electron chi connectivity index (χ2n) is 7.14. The molecule has 1 N–H and O–H groups in total. The van der Waals surface area contributed by atoms with E-state index >= 15 is 0 Å². The van der Waals surface area contributed by atoms with Crippen molar-refractivity contribution in [2.24, 2.45) is 5.41 Å². The molecule has 0 radical (unpaired) electrons. The Morgan fingerprint density at radius 1 is 1.00 bits per heavy atom. The molecule has 0 unspecified atom stereocenters. The predicted molar refractivity (Wildman–Crippen MR) is 114 cm³/mol. The molecular formula is C24H27ClO. The molecule has 0 fully saturated rings. The Kier molecular flexibility index (Phi) is 7.29. The Bertz CT molecular complexity index is 795. The highest BCUT2D eigenvalue weighted by Crippen LogP contribution is 2.30. The number of hydrogen-bond acceptors (Lipinski definition) is 1. The quantitative estimate of drug-likeness (QED) is 0.502. The van der Waals surface area contributed by atoms with Crippen LogP contribution in [0.3, 0.4) is 0 Å². The molecule has 2 aromatic rings. The van der Waals surface area contributed by atoms with Gasteiger partial charge in [-0.3, -0.25) is 0 Å². The lowest BCUT2D eigenvalue weighted by molar-refractivity contribution is 0.475. The van der Waals surface area contributed by atoms with Crippen LogP contribution in [0, 0.1) is 5.41 Å². The summed E-state index contributed by atoms with van der Waals surface area (Å²) in [6.45, 7) is 6.50. The van der Waals surface area contributed by atoms with Crippen LogP contribution < -0.4 is 0 Å². The summed E-state index contributed by atoms with van der Waals surface area (Å²) in [7, 11) is 0. The van der Waals surface area contributed by atoms with Crippen molar-refractivity contribution in [3.05, 3.63) is 88.5 Å². The van der Waals surface area contributed by atoms with E-state index in [9.17, 15) is 5.11 Å². The first-order chi connectivity index (χ1) is 12.4. The summed E-state index contributed by atoms with van der Waals surface area (Å²) < 4.78 is 0. The highest BCUT2D eigenvalue weighted by atomic mass is 35.5. The van der Waals surface area contributed by atoms with Gasteiger partial charge in [0.15, 0.2) is 0 Å². The lowest BCUT2D eigenvalue weighted by atomic mass is 9.83. The molecule has 0 aliphatic heterocycles. The Balaban J connectivity index is 2.22. The predicted octanol–water partition coefficient (Wildman–Crippen LogP) is 7.52. The van der Waals surface area contributed by atoms with E-state index in [1.165, 1.54) is 5.57 Å². The van der Waals surface area contributed by atoms with Crippen molar-refractivity contribution in [2.75, 3.05) is 0 Å². The van der Waals surface area contributed by atoms with Gasteiger partial charge in [-0.1, -0.05) is 78.7 Å². The fourth-order valence-electron chi connectivity index (χ4n) is 2.66. The van der Waals surface area contributed by atoms with Crippen molar-refractivity contribution >= 4 is 23.8 Å². The van der Waals surface area contributed by atoms with Gasteiger partial charge in [-0.15, -0.1) is 0 Å². The molecule has 0 spiro atoms. The van der Waals surface area contributed by atoms with Crippen LogP contribution in [0.15, 0.2) is 72.3 Å². The van der Waals surface area contributed by atoms with Crippen LogP contribution >= 0.6 is 11.6 Å². The second-order valence-corrected chi connectivity index (χ2v) is 7.58. The average molecular weight is 367 g/mol. The van der Waals surface area contributed by atoms with E-state index in [0.717, 1.165) is 29.0 Å². The van der Waals surface area contributed by atoms with E-state index in [1.807, 2.05) is 30.3 Å². The van der Waals surface area contributed by atoms with Crippen LogP contribution in [0.25, 0.3) is 12.2 Å². The van der Waals surface area contributed by atoms with E-state index in [0.29, 0.717) is 0 Å². The molecule has 0 bridgehead atoms. The van der Waals surface area contributed by atoms with E-state index in [-0.39, 0.29) is 11.2 Å². The largest absolute Gasteiger partial charge is 0.508 e. The molecule has 2 rings (SSSR count). The third kappa shape index (κ3) is 6.93. The van der Waals surface area contributed by atoms with Crippen molar-refractivity contribution in [1.29, 1.82) is 0 Å². The molecule has 2 heteroatoms. The number of rotatable bonds is 7. The number of phenolic OH excluding ortho intramolecular Hbond substituents is 1. The fourth-order valence-corrected chi connectivity index (χ4v) is 2.86. The molecule has 1 nitrogen and oxygen atoms in total. The van der Waals surface area contributed by atoms with Crippen LogP contribution in [0.4, 0.5) is 0 Å². The molecule has 136 valence electrons. The van der Waals surface area contributed by atoms with Crippen LogP contribution in [0.5, 0.6) is 5.75 Å². The maximum atomic E-state index is 9.43. The molecule has 2 aromatic carbocycles. The normalized spacial score (nSPS) is 13.8. The molecule has 1 atom stereocenters. The first-order valence-electron chi connectivity index (χ1n) is 8.93. The van der Waals surface area contributed by atoms with Crippen LogP contribution in [0.1, 0.15) is 44.7 Å². The number of halogens is 1. The smallest absolute Gasteiger partial charge is 0.115 e. The Hall–Kier alpha value is -2.25. The van der Waals surface area contributed by atoms with E-state index < -0.39 is 0 Å². The molecule has 0 saturated carbocycles. The maximum absolute atomic E-state index is 9.43. The number of phenols is 1. The maximum Gasteiger partial charge on any atom is 0.115 e. The lowest BCUT2D eigenvalue weighted by Crippen LogP contribution is -2.09. The molecule has 0 aliphatic rings. The van der Waals surface area contributed by atoms with Crippen LogP contribution in [-0.2, 0) is 0 Å². The third-order valence-electron chi connectivity index (χ3n) is 4.29. The van der Waals surface area contributed by atoms with E-state index in [2.05, 4.69) is 57.2 Å². The highest BCUT2D eigenvalue weighted by molar-refractivity contribution is 6.30. The zero-order valence-electron chi connectivity index (χ0n) is 15.7. The molecule has 26 heavy (non-hydrogen) atoms. The molecular weight excluding hydrogens is 340 g/mol. The van der Waals surface area contributed by atoms with Crippen molar-refractivity contribution in [3.63, 3.8) is 0 Å². The van der Waals surface area contributed by atoms with Gasteiger partial charge in [0.1, 0.15) is 5.75 Å². The third-order valence-corrected chi connectivity index (χ3v) is 4.53. The van der Waals surface area contributed by atoms with Gasteiger partial charge < -0.3 is 5.11 Å². The number of hydrogen-bond donors (Lipinski definition) is 1. The molecule has 0 saturated heterocycles. The Labute approximate surface area is 162 Å². The SMILES string of the molecule is CC(C)=CCC[C@](C)(/C=C/c1ccc(O)cc1)/C=C/c1cccc(Cl)c1. The van der Waals surface area contributed by atoms with Crippen molar-refractivity contribution in [1.82, 2.24) is 0 Å². The van der Waals surface area contributed by atoms with Crippen molar-refractivity contribution in [2.45, 2.75) is 33.6 Å². The first kappa shape index (κ1) is 20.1. The van der Waals surface area contributed by atoms with E-state index in [4.69, 9.17) is 11.6 Å².